The van der Waals surface area contributed by atoms with Gasteiger partial charge in [-0.25, -0.2) is 0 Å². The number of carbonyl (C=O) groups is 1. The SMILES string of the molecule is CCC1C(CCC(=O)Cc2ccc(C(C)C)cc2)=CC=C1c1ccccn1. The maximum Gasteiger partial charge on any atom is 0.137 e. The van der Waals surface area contributed by atoms with Gasteiger partial charge in [-0.2, -0.15) is 0 Å². The van der Waals surface area contributed by atoms with E-state index in [-0.39, 0.29) is 0 Å². The van der Waals surface area contributed by atoms with Crippen molar-refractivity contribution < 1.29 is 4.79 Å². The fourth-order valence-corrected chi connectivity index (χ4v) is 3.79. The summed E-state index contributed by atoms with van der Waals surface area (Å²) in [6.45, 7) is 6.58. The lowest BCUT2D eigenvalue weighted by Crippen LogP contribution is -2.08. The number of benzene rings is 1. The van der Waals surface area contributed by atoms with E-state index in [0.717, 1.165) is 24.1 Å². The highest BCUT2D eigenvalue weighted by atomic mass is 16.1. The Labute approximate surface area is 163 Å². The number of aromatic nitrogens is 1. The van der Waals surface area contributed by atoms with Crippen molar-refractivity contribution in [1.29, 1.82) is 0 Å². The quantitative estimate of drug-likeness (QED) is 0.566. The molecule has 0 N–H and O–H groups in total. The molecule has 2 aromatic rings. The predicted octanol–water partition coefficient (Wildman–Crippen LogP) is 6.15. The summed E-state index contributed by atoms with van der Waals surface area (Å²) in [6, 6.07) is 14.5. The van der Waals surface area contributed by atoms with Gasteiger partial charge in [0.05, 0.1) is 5.69 Å². The fraction of sp³-hybridized carbons (Fsp3) is 0.360. The molecule has 0 aliphatic heterocycles. The van der Waals surface area contributed by atoms with Crippen LogP contribution in [-0.4, -0.2) is 10.8 Å². The van der Waals surface area contributed by atoms with E-state index in [9.17, 15) is 4.79 Å². The molecule has 1 unspecified atom stereocenters. The predicted molar refractivity (Wildman–Crippen MR) is 113 cm³/mol. The Morgan fingerprint density at radius 2 is 1.85 bits per heavy atom. The van der Waals surface area contributed by atoms with E-state index in [0.29, 0.717) is 30.5 Å². The lowest BCUT2D eigenvalue weighted by Gasteiger charge is -2.17. The Morgan fingerprint density at radius 3 is 2.48 bits per heavy atom. The van der Waals surface area contributed by atoms with Crippen LogP contribution in [0, 0.1) is 5.92 Å². The lowest BCUT2D eigenvalue weighted by molar-refractivity contribution is -0.118. The Hall–Kier alpha value is -2.48. The van der Waals surface area contributed by atoms with Gasteiger partial charge >= 0.3 is 0 Å². The van der Waals surface area contributed by atoms with E-state index in [1.54, 1.807) is 0 Å². The van der Waals surface area contributed by atoms with Gasteiger partial charge in [-0.3, -0.25) is 9.78 Å². The van der Waals surface area contributed by atoms with Gasteiger partial charge in [-0.15, -0.1) is 0 Å². The molecule has 1 aliphatic carbocycles. The minimum atomic E-state index is 0.314. The van der Waals surface area contributed by atoms with Crippen LogP contribution in [0.4, 0.5) is 0 Å². The minimum Gasteiger partial charge on any atom is -0.299 e. The van der Waals surface area contributed by atoms with Crippen molar-refractivity contribution in [3.8, 4) is 0 Å². The molecule has 0 radical (unpaired) electrons. The standard InChI is InChI=1S/C25H29NO/c1-4-23-21(13-15-24(23)25-7-5-6-16-26-25)12-14-22(27)17-19-8-10-20(11-9-19)18(2)3/h5-11,13,15-16,18,23H,4,12,14,17H2,1-3H3. The maximum absolute atomic E-state index is 12.5. The van der Waals surface area contributed by atoms with Crippen LogP contribution in [-0.2, 0) is 11.2 Å². The molecule has 140 valence electrons. The van der Waals surface area contributed by atoms with Gasteiger partial charge in [0.15, 0.2) is 0 Å². The average molecular weight is 360 g/mol. The number of Topliss-reactive ketones (excluding diaryl/α,β-unsaturated/α-hetero) is 1. The van der Waals surface area contributed by atoms with Crippen molar-refractivity contribution in [2.45, 2.75) is 52.4 Å². The maximum atomic E-state index is 12.5. The van der Waals surface area contributed by atoms with Crippen molar-refractivity contribution in [2.75, 3.05) is 0 Å². The highest BCUT2D eigenvalue weighted by molar-refractivity contribution is 5.81. The largest absolute Gasteiger partial charge is 0.299 e. The van der Waals surface area contributed by atoms with E-state index >= 15 is 0 Å². The van der Waals surface area contributed by atoms with Gasteiger partial charge in [0.2, 0.25) is 0 Å². The first-order valence-corrected chi connectivity index (χ1v) is 10.0. The molecular weight excluding hydrogens is 330 g/mol. The third-order valence-corrected chi connectivity index (χ3v) is 5.41. The Bertz CT molecular complexity index is 828. The molecule has 1 aliphatic rings. The van der Waals surface area contributed by atoms with Crippen LogP contribution in [0.1, 0.15) is 62.8 Å². The third kappa shape index (κ3) is 4.82. The molecule has 1 atom stereocenters. The molecule has 2 nitrogen and oxygen atoms in total. The van der Waals surface area contributed by atoms with Crippen LogP contribution in [0.5, 0.6) is 0 Å². The Balaban J connectivity index is 1.54. The summed E-state index contributed by atoms with van der Waals surface area (Å²) in [6.07, 6.45) is 9.24. The van der Waals surface area contributed by atoms with Crippen molar-refractivity contribution in [2.24, 2.45) is 5.92 Å². The Kier molecular flexibility index (Phi) is 6.39. The number of pyridine rings is 1. The van der Waals surface area contributed by atoms with E-state index in [4.69, 9.17) is 0 Å². The zero-order valence-electron chi connectivity index (χ0n) is 16.6. The molecule has 0 saturated heterocycles. The van der Waals surface area contributed by atoms with Gasteiger partial charge < -0.3 is 0 Å². The third-order valence-electron chi connectivity index (χ3n) is 5.41. The second kappa shape index (κ2) is 8.94. The molecule has 27 heavy (non-hydrogen) atoms. The number of hydrogen-bond acceptors (Lipinski definition) is 2. The number of allylic oxidation sites excluding steroid dienone is 4. The van der Waals surface area contributed by atoms with Gasteiger partial charge in [-0.1, -0.05) is 68.8 Å². The normalized spacial score (nSPS) is 16.4. The van der Waals surface area contributed by atoms with E-state index in [2.05, 4.69) is 68.2 Å². The van der Waals surface area contributed by atoms with Crippen LogP contribution in [0.3, 0.4) is 0 Å². The van der Waals surface area contributed by atoms with Crippen molar-refractivity contribution in [3.63, 3.8) is 0 Å². The number of ketones is 1. The number of hydrogen-bond donors (Lipinski definition) is 0. The van der Waals surface area contributed by atoms with E-state index in [1.165, 1.54) is 16.7 Å². The smallest absolute Gasteiger partial charge is 0.137 e. The summed E-state index contributed by atoms with van der Waals surface area (Å²) in [4.78, 5) is 17.0. The summed E-state index contributed by atoms with van der Waals surface area (Å²) >= 11 is 0. The molecule has 0 spiro atoms. The first-order valence-electron chi connectivity index (χ1n) is 10.0. The van der Waals surface area contributed by atoms with Crippen LogP contribution < -0.4 is 0 Å². The fourth-order valence-electron chi connectivity index (χ4n) is 3.79. The molecule has 1 heterocycles. The summed E-state index contributed by atoms with van der Waals surface area (Å²) in [5.41, 5.74) is 6.13. The topological polar surface area (TPSA) is 30.0 Å². The molecule has 3 rings (SSSR count). The Morgan fingerprint density at radius 1 is 1.07 bits per heavy atom. The molecule has 0 bridgehead atoms. The lowest BCUT2D eigenvalue weighted by atomic mass is 9.88. The molecule has 0 fully saturated rings. The van der Waals surface area contributed by atoms with Crippen molar-refractivity contribution >= 4 is 11.4 Å². The second-order valence-electron chi connectivity index (χ2n) is 7.65. The number of nitrogens with zero attached hydrogens (tertiary/aromatic N) is 1. The second-order valence-corrected chi connectivity index (χ2v) is 7.65. The van der Waals surface area contributed by atoms with Gasteiger partial charge in [0, 0.05) is 25.0 Å². The number of rotatable bonds is 8. The molecule has 2 heteroatoms. The molecule has 0 amide bonds. The molecule has 1 aromatic carbocycles. The molecular formula is C25H29NO. The first-order chi connectivity index (χ1) is 13.1. The van der Waals surface area contributed by atoms with Crippen LogP contribution in [0.25, 0.3) is 5.57 Å². The summed E-state index contributed by atoms with van der Waals surface area (Å²) in [5, 5.41) is 0. The van der Waals surface area contributed by atoms with Crippen molar-refractivity contribution in [3.05, 3.63) is 83.2 Å². The van der Waals surface area contributed by atoms with Gasteiger partial charge in [0.1, 0.15) is 5.78 Å². The van der Waals surface area contributed by atoms with Gasteiger partial charge in [0.25, 0.3) is 0 Å². The highest BCUT2D eigenvalue weighted by Crippen LogP contribution is 2.37. The van der Waals surface area contributed by atoms with Crippen LogP contribution in [0.2, 0.25) is 0 Å². The van der Waals surface area contributed by atoms with E-state index in [1.807, 2.05) is 18.3 Å². The van der Waals surface area contributed by atoms with Crippen molar-refractivity contribution in [1.82, 2.24) is 4.98 Å². The molecule has 1 aromatic heterocycles. The van der Waals surface area contributed by atoms with Crippen LogP contribution in [0.15, 0.2) is 66.4 Å². The van der Waals surface area contributed by atoms with Gasteiger partial charge in [-0.05, 0) is 47.6 Å². The summed E-state index contributed by atoms with van der Waals surface area (Å²) in [7, 11) is 0. The highest BCUT2D eigenvalue weighted by Gasteiger charge is 2.23. The minimum absolute atomic E-state index is 0.314. The van der Waals surface area contributed by atoms with Crippen LogP contribution >= 0.6 is 0 Å². The average Bonchev–Trinajstić information content (AvgIpc) is 3.10. The monoisotopic (exact) mass is 359 g/mol. The summed E-state index contributed by atoms with van der Waals surface area (Å²) < 4.78 is 0. The van der Waals surface area contributed by atoms with E-state index < -0.39 is 0 Å². The zero-order chi connectivity index (χ0) is 19.2. The first kappa shape index (κ1) is 19.3. The summed E-state index contributed by atoms with van der Waals surface area (Å²) in [5.74, 6) is 1.23. The number of carbonyl (C=O) groups excluding carboxylic acids is 1. The molecule has 0 saturated carbocycles. The zero-order valence-corrected chi connectivity index (χ0v) is 16.6.